The van der Waals surface area contributed by atoms with Crippen LogP contribution in [0.5, 0.6) is 0 Å². The predicted octanol–water partition coefficient (Wildman–Crippen LogP) is 25.1. The number of carbonyl (C=O) groups excluding carboxylic acids is 3. The van der Waals surface area contributed by atoms with E-state index in [4.69, 9.17) is 14.2 Å². The second-order valence-electron chi connectivity index (χ2n) is 24.9. The first kappa shape index (κ1) is 78.6. The molecule has 6 nitrogen and oxygen atoms in total. The molecule has 0 aromatic heterocycles. The first-order chi connectivity index (χ1) is 40.0. The van der Waals surface area contributed by atoms with Gasteiger partial charge in [0.25, 0.3) is 0 Å². The van der Waals surface area contributed by atoms with E-state index in [0.29, 0.717) is 19.3 Å². The zero-order chi connectivity index (χ0) is 58.5. The molecule has 0 radical (unpaired) electrons. The highest BCUT2D eigenvalue weighted by molar-refractivity contribution is 5.71. The molecule has 1 unspecified atom stereocenters. The highest BCUT2D eigenvalue weighted by Gasteiger charge is 2.19. The van der Waals surface area contributed by atoms with Gasteiger partial charge < -0.3 is 14.2 Å². The van der Waals surface area contributed by atoms with Crippen LogP contribution in [0.4, 0.5) is 0 Å². The topological polar surface area (TPSA) is 78.9 Å². The van der Waals surface area contributed by atoms with Gasteiger partial charge in [0.2, 0.25) is 0 Å². The Balaban J connectivity index is 4.21. The first-order valence-corrected chi connectivity index (χ1v) is 36.5. The zero-order valence-electron chi connectivity index (χ0n) is 54.8. The summed E-state index contributed by atoms with van der Waals surface area (Å²) in [5, 5.41) is 0. The van der Waals surface area contributed by atoms with Gasteiger partial charge in [0.1, 0.15) is 13.2 Å². The predicted molar refractivity (Wildman–Crippen MR) is 353 cm³/mol. The Morgan fingerprint density at radius 1 is 0.247 bits per heavy atom. The van der Waals surface area contributed by atoms with Crippen LogP contribution in [0, 0.1) is 0 Å². The van der Waals surface area contributed by atoms with Gasteiger partial charge in [0.15, 0.2) is 6.10 Å². The van der Waals surface area contributed by atoms with Gasteiger partial charge in [-0.3, -0.25) is 14.4 Å². The van der Waals surface area contributed by atoms with Gasteiger partial charge in [-0.1, -0.05) is 346 Å². The second kappa shape index (κ2) is 70.1. The van der Waals surface area contributed by atoms with Gasteiger partial charge >= 0.3 is 17.9 Å². The fourth-order valence-corrected chi connectivity index (χ4v) is 11.1. The molecule has 0 aliphatic heterocycles. The Morgan fingerprint density at radius 2 is 0.444 bits per heavy atom. The fourth-order valence-electron chi connectivity index (χ4n) is 11.1. The number of esters is 3. The molecule has 0 aliphatic carbocycles. The van der Waals surface area contributed by atoms with Crippen molar-refractivity contribution >= 4 is 17.9 Å². The number of carbonyl (C=O) groups is 3. The van der Waals surface area contributed by atoms with Crippen LogP contribution in [0.15, 0.2) is 36.5 Å². The van der Waals surface area contributed by atoms with Gasteiger partial charge in [-0.05, 0) is 77.0 Å². The smallest absolute Gasteiger partial charge is 0.306 e. The van der Waals surface area contributed by atoms with E-state index in [-0.39, 0.29) is 31.1 Å². The van der Waals surface area contributed by atoms with Crippen molar-refractivity contribution in [2.45, 2.75) is 412 Å². The number of hydrogen-bond donors (Lipinski definition) is 0. The van der Waals surface area contributed by atoms with Crippen LogP contribution in [0.3, 0.4) is 0 Å². The summed E-state index contributed by atoms with van der Waals surface area (Å²) in [4.78, 5) is 38.5. The Kier molecular flexibility index (Phi) is 68.1. The average molecular weight is 1140 g/mol. The summed E-state index contributed by atoms with van der Waals surface area (Å²) in [5.41, 5.74) is 0. The Hall–Kier alpha value is -2.37. The minimum atomic E-state index is -0.777. The minimum absolute atomic E-state index is 0.0718. The zero-order valence-corrected chi connectivity index (χ0v) is 54.8. The minimum Gasteiger partial charge on any atom is -0.462 e. The van der Waals surface area contributed by atoms with Gasteiger partial charge in [0, 0.05) is 19.3 Å². The third-order valence-corrected chi connectivity index (χ3v) is 16.6. The van der Waals surface area contributed by atoms with Gasteiger partial charge in [-0.25, -0.2) is 0 Å². The van der Waals surface area contributed by atoms with Crippen molar-refractivity contribution in [1.82, 2.24) is 0 Å². The van der Waals surface area contributed by atoms with Crippen molar-refractivity contribution in [2.75, 3.05) is 13.2 Å². The molecule has 1 atom stereocenters. The molecule has 0 saturated heterocycles. The number of allylic oxidation sites excluding steroid dienone is 6. The molecule has 0 bridgehead atoms. The van der Waals surface area contributed by atoms with E-state index in [1.165, 1.54) is 295 Å². The SMILES string of the molecule is CCCCC/C=C\C/C=C\CCCCCCCCCCCC(=O)OC(COC(=O)CCCCCCC/C=C\CCCCCCCC)COC(=O)CCCCCCCCCCCCCCCCCCCCCCCCCCCCCCC. The van der Waals surface area contributed by atoms with E-state index in [0.717, 1.165) is 70.6 Å². The molecule has 476 valence electrons. The summed E-state index contributed by atoms with van der Waals surface area (Å²) in [6.45, 7) is 6.68. The van der Waals surface area contributed by atoms with Crippen molar-refractivity contribution in [3.8, 4) is 0 Å². The summed E-state index contributed by atoms with van der Waals surface area (Å²) in [6.07, 6.45) is 87.6. The molecular formula is C75H140O6. The van der Waals surface area contributed by atoms with Crippen molar-refractivity contribution in [1.29, 1.82) is 0 Å². The Labute approximate surface area is 506 Å². The van der Waals surface area contributed by atoms with Crippen molar-refractivity contribution < 1.29 is 28.6 Å². The summed E-state index contributed by atoms with van der Waals surface area (Å²) < 4.78 is 17.0. The number of hydrogen-bond acceptors (Lipinski definition) is 6. The lowest BCUT2D eigenvalue weighted by Gasteiger charge is -2.18. The molecule has 0 rings (SSSR count). The van der Waals surface area contributed by atoms with Crippen LogP contribution < -0.4 is 0 Å². The molecule has 0 saturated carbocycles. The van der Waals surface area contributed by atoms with E-state index < -0.39 is 6.10 Å². The van der Waals surface area contributed by atoms with E-state index in [2.05, 4.69) is 57.2 Å². The van der Waals surface area contributed by atoms with E-state index in [1.54, 1.807) is 0 Å². The van der Waals surface area contributed by atoms with Crippen LogP contribution in [0.1, 0.15) is 406 Å². The fraction of sp³-hybridized carbons (Fsp3) is 0.880. The maximum Gasteiger partial charge on any atom is 0.306 e. The van der Waals surface area contributed by atoms with Crippen LogP contribution in [0.25, 0.3) is 0 Å². The lowest BCUT2D eigenvalue weighted by Crippen LogP contribution is -2.30. The molecule has 0 amide bonds. The first-order valence-electron chi connectivity index (χ1n) is 36.5. The lowest BCUT2D eigenvalue weighted by molar-refractivity contribution is -0.167. The number of ether oxygens (including phenoxy) is 3. The summed E-state index contributed by atoms with van der Waals surface area (Å²) in [6, 6.07) is 0. The molecule has 0 heterocycles. The molecule has 0 N–H and O–H groups in total. The molecule has 0 aliphatic rings. The monoisotopic (exact) mass is 1140 g/mol. The van der Waals surface area contributed by atoms with Crippen molar-refractivity contribution in [3.63, 3.8) is 0 Å². The molecule has 6 heteroatoms. The number of unbranched alkanes of at least 4 members (excludes halogenated alkanes) is 51. The molecular weight excluding hydrogens is 997 g/mol. The summed E-state index contributed by atoms with van der Waals surface area (Å²) >= 11 is 0. The normalized spacial score (nSPS) is 12.2. The molecule has 0 fully saturated rings. The maximum absolute atomic E-state index is 12.9. The summed E-state index contributed by atoms with van der Waals surface area (Å²) in [5.74, 6) is -0.856. The van der Waals surface area contributed by atoms with Crippen molar-refractivity contribution in [3.05, 3.63) is 36.5 Å². The average Bonchev–Trinajstić information content (AvgIpc) is 3.47. The van der Waals surface area contributed by atoms with Crippen LogP contribution in [-0.2, 0) is 28.6 Å². The molecule has 0 aromatic rings. The molecule has 81 heavy (non-hydrogen) atoms. The van der Waals surface area contributed by atoms with E-state index in [1.807, 2.05) is 0 Å². The van der Waals surface area contributed by atoms with Gasteiger partial charge in [0.05, 0.1) is 0 Å². The summed E-state index contributed by atoms with van der Waals surface area (Å²) in [7, 11) is 0. The van der Waals surface area contributed by atoms with Crippen molar-refractivity contribution in [2.24, 2.45) is 0 Å². The highest BCUT2D eigenvalue weighted by atomic mass is 16.6. The lowest BCUT2D eigenvalue weighted by atomic mass is 10.0. The van der Waals surface area contributed by atoms with Crippen LogP contribution in [-0.4, -0.2) is 37.2 Å². The Bertz CT molecular complexity index is 1350. The van der Waals surface area contributed by atoms with Gasteiger partial charge in [-0.15, -0.1) is 0 Å². The highest BCUT2D eigenvalue weighted by Crippen LogP contribution is 2.19. The molecule has 0 aromatic carbocycles. The third kappa shape index (κ3) is 68.3. The van der Waals surface area contributed by atoms with E-state index in [9.17, 15) is 14.4 Å². The quantitative estimate of drug-likeness (QED) is 0.0261. The molecule has 0 spiro atoms. The van der Waals surface area contributed by atoms with Crippen LogP contribution >= 0.6 is 0 Å². The third-order valence-electron chi connectivity index (χ3n) is 16.6. The maximum atomic E-state index is 12.9. The van der Waals surface area contributed by atoms with Crippen LogP contribution in [0.2, 0.25) is 0 Å². The second-order valence-corrected chi connectivity index (χ2v) is 24.9. The Morgan fingerprint density at radius 3 is 0.716 bits per heavy atom. The largest absolute Gasteiger partial charge is 0.462 e. The van der Waals surface area contributed by atoms with E-state index >= 15 is 0 Å². The standard InChI is InChI=1S/C75H140O6/c1-4-7-10-13-16-19-22-25-28-30-32-33-34-35-36-37-38-39-40-41-43-44-47-50-53-56-59-62-65-68-74(77)80-71-72(70-79-73(76)67-64-61-58-55-52-49-46-27-24-21-18-15-12-9-6-3)81-75(78)69-66-63-60-57-54-51-48-45-42-31-29-26-23-20-17-14-11-8-5-2/h17,20,26-27,29,46,72H,4-16,18-19,21-25,28,30-45,47-71H2,1-3H3/b20-17-,29-26-,46-27-. The van der Waals surface area contributed by atoms with Gasteiger partial charge in [-0.2, -0.15) is 0 Å². The number of rotatable bonds is 68.